The summed E-state index contributed by atoms with van der Waals surface area (Å²) in [6.07, 6.45) is 0. The molecule has 0 fully saturated rings. The predicted molar refractivity (Wildman–Crippen MR) is 75.4 cm³/mol. The lowest BCUT2D eigenvalue weighted by Crippen LogP contribution is -2.02. The van der Waals surface area contributed by atoms with Gasteiger partial charge in [0.05, 0.1) is 22.5 Å². The van der Waals surface area contributed by atoms with Gasteiger partial charge in [-0.25, -0.2) is 9.78 Å². The summed E-state index contributed by atoms with van der Waals surface area (Å²) in [4.78, 5) is 26.6. The van der Waals surface area contributed by atoms with Gasteiger partial charge in [0.25, 0.3) is 5.69 Å². The highest BCUT2D eigenvalue weighted by Gasteiger charge is 2.19. The Morgan fingerprint density at radius 1 is 1.50 bits per heavy atom. The van der Waals surface area contributed by atoms with Crippen LogP contribution in [0.2, 0.25) is 0 Å². The minimum atomic E-state index is -0.530. The van der Waals surface area contributed by atoms with E-state index < -0.39 is 10.9 Å². The van der Waals surface area contributed by atoms with Crippen molar-refractivity contribution in [3.8, 4) is 0 Å². The lowest BCUT2D eigenvalue weighted by atomic mass is 10.2. The molecule has 6 nitrogen and oxygen atoms in total. The summed E-state index contributed by atoms with van der Waals surface area (Å²) in [5, 5.41) is 12.9. The van der Waals surface area contributed by atoms with Crippen molar-refractivity contribution < 1.29 is 14.5 Å². The number of nitro groups is 1. The first-order valence-corrected chi connectivity index (χ1v) is 7.17. The predicted octanol–water partition coefficient (Wildman–Crippen LogP) is 3.30. The Balaban J connectivity index is 2.41. The molecule has 0 saturated heterocycles. The first-order chi connectivity index (χ1) is 9.51. The Hall–Kier alpha value is -1.93. The van der Waals surface area contributed by atoms with Gasteiger partial charge in [0.15, 0.2) is 4.34 Å². The average Bonchev–Trinajstić information content (AvgIpc) is 2.82. The molecule has 0 radical (unpaired) electrons. The van der Waals surface area contributed by atoms with Crippen molar-refractivity contribution in [2.24, 2.45) is 0 Å². The summed E-state index contributed by atoms with van der Waals surface area (Å²) in [7, 11) is 1.26. The number of carbonyl (C=O) groups excluding carboxylic acids is 1. The molecule has 0 aliphatic carbocycles. The quantitative estimate of drug-likeness (QED) is 0.489. The van der Waals surface area contributed by atoms with E-state index >= 15 is 0 Å². The van der Waals surface area contributed by atoms with Gasteiger partial charge in [-0.15, -0.1) is 11.3 Å². The van der Waals surface area contributed by atoms with Gasteiger partial charge < -0.3 is 4.74 Å². The van der Waals surface area contributed by atoms with Crippen molar-refractivity contribution in [1.29, 1.82) is 0 Å². The number of rotatable bonds is 4. The van der Waals surface area contributed by atoms with E-state index in [2.05, 4.69) is 9.72 Å². The van der Waals surface area contributed by atoms with Crippen LogP contribution in [0.15, 0.2) is 32.8 Å². The van der Waals surface area contributed by atoms with E-state index in [4.69, 9.17) is 0 Å². The number of methoxy groups -OCH3 is 1. The van der Waals surface area contributed by atoms with E-state index in [1.165, 1.54) is 36.6 Å². The third kappa shape index (κ3) is 3.14. The summed E-state index contributed by atoms with van der Waals surface area (Å²) in [6.45, 7) is 1.85. The van der Waals surface area contributed by atoms with Gasteiger partial charge in [-0.3, -0.25) is 10.1 Å². The molecule has 104 valence electrons. The molecule has 0 aliphatic rings. The van der Waals surface area contributed by atoms with E-state index in [1.54, 1.807) is 0 Å². The molecule has 1 heterocycles. The molecule has 0 N–H and O–H groups in total. The maximum Gasteiger partial charge on any atom is 0.337 e. The molecule has 0 amide bonds. The van der Waals surface area contributed by atoms with Gasteiger partial charge in [-0.05, 0) is 19.1 Å². The van der Waals surface area contributed by atoms with Gasteiger partial charge in [-0.1, -0.05) is 11.8 Å². The molecular formula is C12H10N2O4S2. The number of esters is 1. The van der Waals surface area contributed by atoms with E-state index in [-0.39, 0.29) is 11.3 Å². The lowest BCUT2D eigenvalue weighted by molar-refractivity contribution is -0.387. The number of ether oxygens (including phenoxy) is 1. The van der Waals surface area contributed by atoms with Crippen LogP contribution < -0.4 is 0 Å². The first-order valence-electron chi connectivity index (χ1n) is 5.48. The number of carbonyl (C=O) groups is 1. The van der Waals surface area contributed by atoms with Crippen LogP contribution in [0, 0.1) is 17.0 Å². The monoisotopic (exact) mass is 310 g/mol. The molecule has 2 aromatic rings. The van der Waals surface area contributed by atoms with Crippen LogP contribution in [0.4, 0.5) is 5.69 Å². The smallest absolute Gasteiger partial charge is 0.337 e. The van der Waals surface area contributed by atoms with Crippen LogP contribution in [0.1, 0.15) is 16.1 Å². The van der Waals surface area contributed by atoms with Gasteiger partial charge in [0.2, 0.25) is 0 Å². The fraction of sp³-hybridized carbons (Fsp3) is 0.167. The van der Waals surface area contributed by atoms with E-state index in [9.17, 15) is 14.9 Å². The topological polar surface area (TPSA) is 82.3 Å². The third-order valence-corrected chi connectivity index (χ3v) is 4.48. The summed E-state index contributed by atoms with van der Waals surface area (Å²) in [6, 6.07) is 4.13. The minimum Gasteiger partial charge on any atom is -0.465 e. The zero-order chi connectivity index (χ0) is 14.7. The zero-order valence-electron chi connectivity index (χ0n) is 10.7. The normalized spacial score (nSPS) is 10.3. The van der Waals surface area contributed by atoms with Gasteiger partial charge >= 0.3 is 5.97 Å². The number of nitro benzene ring substituents is 1. The van der Waals surface area contributed by atoms with Gasteiger partial charge in [0, 0.05) is 17.1 Å². The highest BCUT2D eigenvalue weighted by Crippen LogP contribution is 2.36. The number of hydrogen-bond acceptors (Lipinski definition) is 7. The van der Waals surface area contributed by atoms with Crippen LogP contribution in [0.25, 0.3) is 0 Å². The number of hydrogen-bond donors (Lipinski definition) is 0. The SMILES string of the molecule is COC(=O)c1ccc([N+](=O)[O-])c(Sc2nc(C)cs2)c1. The summed E-state index contributed by atoms with van der Waals surface area (Å²) < 4.78 is 5.30. The maximum absolute atomic E-state index is 11.5. The first kappa shape index (κ1) is 14.5. The average molecular weight is 310 g/mol. The number of benzene rings is 1. The van der Waals surface area contributed by atoms with Gasteiger partial charge in [-0.2, -0.15) is 0 Å². The third-order valence-electron chi connectivity index (χ3n) is 2.37. The van der Waals surface area contributed by atoms with Crippen molar-refractivity contribution in [3.63, 3.8) is 0 Å². The molecule has 0 atom stereocenters. The molecule has 0 saturated carbocycles. The van der Waals surface area contributed by atoms with Crippen LogP contribution in [0.3, 0.4) is 0 Å². The molecule has 1 aromatic heterocycles. The maximum atomic E-state index is 11.5. The van der Waals surface area contributed by atoms with Crippen LogP contribution in [0.5, 0.6) is 0 Å². The largest absolute Gasteiger partial charge is 0.465 e. The number of aromatic nitrogens is 1. The Morgan fingerprint density at radius 3 is 2.80 bits per heavy atom. The fourth-order valence-corrected chi connectivity index (χ4v) is 3.40. The Labute approximate surface area is 122 Å². The zero-order valence-corrected chi connectivity index (χ0v) is 12.3. The Bertz CT molecular complexity index is 669. The number of aryl methyl sites for hydroxylation is 1. The molecule has 0 unspecified atom stereocenters. The second-order valence-electron chi connectivity index (χ2n) is 3.79. The second-order valence-corrected chi connectivity index (χ2v) is 5.94. The number of thiazole rings is 1. The van der Waals surface area contributed by atoms with Crippen LogP contribution in [-0.2, 0) is 4.74 Å². The highest BCUT2D eigenvalue weighted by atomic mass is 32.2. The molecule has 0 spiro atoms. The molecule has 2 rings (SSSR count). The summed E-state index contributed by atoms with van der Waals surface area (Å²) in [5.41, 5.74) is 1.06. The van der Waals surface area contributed by atoms with Crippen LogP contribution >= 0.6 is 23.1 Å². The molecule has 0 bridgehead atoms. The minimum absolute atomic E-state index is 0.0597. The van der Waals surface area contributed by atoms with Gasteiger partial charge in [0.1, 0.15) is 0 Å². The standard InChI is InChI=1S/C12H10N2O4S2/c1-7-6-19-12(13-7)20-10-5-8(11(15)18-2)3-4-9(10)14(16)17/h3-6H,1-2H3. The highest BCUT2D eigenvalue weighted by molar-refractivity contribution is 8.01. The Morgan fingerprint density at radius 2 is 2.25 bits per heavy atom. The molecular weight excluding hydrogens is 300 g/mol. The molecule has 20 heavy (non-hydrogen) atoms. The number of nitrogens with zero attached hydrogens (tertiary/aromatic N) is 2. The van der Waals surface area contributed by atoms with Crippen molar-refractivity contribution >= 4 is 34.8 Å². The lowest BCUT2D eigenvalue weighted by Gasteiger charge is -2.03. The second kappa shape index (κ2) is 6.02. The van der Waals surface area contributed by atoms with E-state index in [0.29, 0.717) is 9.24 Å². The summed E-state index contributed by atoms with van der Waals surface area (Å²) >= 11 is 2.56. The van der Waals surface area contributed by atoms with Crippen LogP contribution in [-0.4, -0.2) is 23.0 Å². The van der Waals surface area contributed by atoms with Crippen molar-refractivity contribution in [2.45, 2.75) is 16.2 Å². The molecule has 1 aromatic carbocycles. The van der Waals surface area contributed by atoms with Crippen molar-refractivity contribution in [2.75, 3.05) is 7.11 Å². The van der Waals surface area contributed by atoms with Crippen molar-refractivity contribution in [3.05, 3.63) is 45.0 Å². The fourth-order valence-electron chi connectivity index (χ4n) is 1.46. The molecule has 8 heteroatoms. The van der Waals surface area contributed by atoms with E-state index in [1.807, 2.05) is 12.3 Å². The van der Waals surface area contributed by atoms with Crippen molar-refractivity contribution in [1.82, 2.24) is 4.98 Å². The molecule has 0 aliphatic heterocycles. The summed E-state index contributed by atoms with van der Waals surface area (Å²) in [5.74, 6) is -0.530. The van der Waals surface area contributed by atoms with E-state index in [0.717, 1.165) is 17.5 Å². The Kier molecular flexibility index (Phi) is 4.35.